The Morgan fingerprint density at radius 2 is 1.71 bits per heavy atom. The van der Waals surface area contributed by atoms with Crippen LogP contribution < -0.4 is 5.32 Å². The molecule has 0 unspecified atom stereocenters. The summed E-state index contributed by atoms with van der Waals surface area (Å²) in [7, 11) is 0. The van der Waals surface area contributed by atoms with Crippen LogP contribution in [0.1, 0.15) is 11.1 Å². The third-order valence-electron chi connectivity index (χ3n) is 3.44. The van der Waals surface area contributed by atoms with E-state index in [1.54, 1.807) is 0 Å². The first-order valence-electron chi connectivity index (χ1n) is 6.64. The van der Waals surface area contributed by atoms with Gasteiger partial charge in [0, 0.05) is 15.5 Å². The molecule has 0 radical (unpaired) electrons. The van der Waals surface area contributed by atoms with E-state index in [9.17, 15) is 5.26 Å². The highest BCUT2D eigenvalue weighted by Gasteiger charge is 2.07. The highest BCUT2D eigenvalue weighted by atomic mass is 79.9. The predicted molar refractivity (Wildman–Crippen MR) is 90.8 cm³/mol. The number of fused-ring (bicyclic) bond motifs is 1. The molecule has 0 spiro atoms. The van der Waals surface area contributed by atoms with Crippen LogP contribution in [0.2, 0.25) is 0 Å². The number of hydrogen-bond acceptors (Lipinski definition) is 2. The van der Waals surface area contributed by atoms with Crippen LogP contribution in [0, 0.1) is 18.3 Å². The molecule has 0 atom stereocenters. The molecular formula is C18H13BrN2. The van der Waals surface area contributed by atoms with Crippen LogP contribution in [0.15, 0.2) is 59.1 Å². The molecule has 0 aromatic heterocycles. The van der Waals surface area contributed by atoms with E-state index in [1.807, 2.05) is 49.4 Å². The Balaban J connectivity index is 2.13. The summed E-state index contributed by atoms with van der Waals surface area (Å²) >= 11 is 3.58. The van der Waals surface area contributed by atoms with Gasteiger partial charge in [0.25, 0.3) is 0 Å². The van der Waals surface area contributed by atoms with Gasteiger partial charge >= 0.3 is 0 Å². The Kier molecular flexibility index (Phi) is 3.64. The quantitative estimate of drug-likeness (QED) is 0.668. The monoisotopic (exact) mass is 336 g/mol. The number of rotatable bonds is 2. The van der Waals surface area contributed by atoms with Gasteiger partial charge < -0.3 is 5.32 Å². The summed E-state index contributed by atoms with van der Waals surface area (Å²) < 4.78 is 1.06. The summed E-state index contributed by atoms with van der Waals surface area (Å²) in [5.74, 6) is 0. The minimum absolute atomic E-state index is 0.646. The largest absolute Gasteiger partial charge is 0.354 e. The van der Waals surface area contributed by atoms with E-state index >= 15 is 0 Å². The molecule has 0 aliphatic rings. The lowest BCUT2D eigenvalue weighted by Crippen LogP contribution is -1.95. The summed E-state index contributed by atoms with van der Waals surface area (Å²) in [4.78, 5) is 0. The number of nitrogens with zero attached hydrogens (tertiary/aromatic N) is 1. The molecular weight excluding hydrogens is 324 g/mol. The molecule has 3 aromatic carbocycles. The van der Waals surface area contributed by atoms with Crippen molar-refractivity contribution in [2.75, 3.05) is 5.32 Å². The lowest BCUT2D eigenvalue weighted by molar-refractivity contribution is 1.41. The molecule has 2 nitrogen and oxygen atoms in total. The molecule has 21 heavy (non-hydrogen) atoms. The Morgan fingerprint density at radius 1 is 0.952 bits per heavy atom. The maximum absolute atomic E-state index is 9.25. The number of nitriles is 1. The van der Waals surface area contributed by atoms with E-state index in [-0.39, 0.29) is 0 Å². The van der Waals surface area contributed by atoms with Crippen molar-refractivity contribution in [1.82, 2.24) is 0 Å². The Morgan fingerprint density at radius 3 is 2.48 bits per heavy atom. The van der Waals surface area contributed by atoms with E-state index in [0.29, 0.717) is 5.56 Å². The van der Waals surface area contributed by atoms with Gasteiger partial charge in [0.1, 0.15) is 6.07 Å². The van der Waals surface area contributed by atoms with E-state index in [2.05, 4.69) is 39.4 Å². The second kappa shape index (κ2) is 5.59. The first-order valence-corrected chi connectivity index (χ1v) is 7.43. The highest BCUT2D eigenvalue weighted by molar-refractivity contribution is 9.10. The molecule has 3 rings (SSSR count). The lowest BCUT2D eigenvalue weighted by atomic mass is 10.1. The second-order valence-corrected chi connectivity index (χ2v) is 5.78. The van der Waals surface area contributed by atoms with Crippen molar-refractivity contribution < 1.29 is 0 Å². The number of aryl methyl sites for hydroxylation is 1. The van der Waals surface area contributed by atoms with Crippen molar-refractivity contribution in [3.63, 3.8) is 0 Å². The Hall–Kier alpha value is -2.31. The molecule has 0 aliphatic carbocycles. The normalized spacial score (nSPS) is 10.3. The summed E-state index contributed by atoms with van der Waals surface area (Å²) in [6.45, 7) is 2.02. The number of halogens is 1. The van der Waals surface area contributed by atoms with Gasteiger partial charge in [-0.1, -0.05) is 46.3 Å². The van der Waals surface area contributed by atoms with Crippen molar-refractivity contribution >= 4 is 38.1 Å². The first-order chi connectivity index (χ1) is 10.2. The molecule has 0 saturated carbocycles. The van der Waals surface area contributed by atoms with Crippen molar-refractivity contribution in [2.45, 2.75) is 6.92 Å². The summed E-state index contributed by atoms with van der Waals surface area (Å²) in [5.41, 5.74) is 3.60. The third-order valence-corrected chi connectivity index (χ3v) is 4.13. The SMILES string of the molecule is Cc1ccc(C#N)c(Nc2ccc(Br)c3ccccc23)c1. The molecule has 0 amide bonds. The number of nitrogens with one attached hydrogen (secondary N) is 1. The maximum Gasteiger partial charge on any atom is 0.101 e. The number of hydrogen-bond donors (Lipinski definition) is 1. The summed E-state index contributed by atoms with van der Waals surface area (Å²) in [6, 6.07) is 20.2. The molecule has 3 heteroatoms. The van der Waals surface area contributed by atoms with Gasteiger partial charge in [0.2, 0.25) is 0 Å². The van der Waals surface area contributed by atoms with Gasteiger partial charge in [0.05, 0.1) is 11.3 Å². The van der Waals surface area contributed by atoms with Crippen molar-refractivity contribution in [1.29, 1.82) is 5.26 Å². The summed E-state index contributed by atoms with van der Waals surface area (Å²) in [5, 5.41) is 14.9. The van der Waals surface area contributed by atoms with Gasteiger partial charge in [0.15, 0.2) is 0 Å². The molecule has 0 saturated heterocycles. The van der Waals surface area contributed by atoms with Crippen LogP contribution in [0.5, 0.6) is 0 Å². The fourth-order valence-corrected chi connectivity index (χ4v) is 2.85. The number of benzene rings is 3. The summed E-state index contributed by atoms with van der Waals surface area (Å²) in [6.07, 6.45) is 0. The molecule has 0 aliphatic heterocycles. The van der Waals surface area contributed by atoms with Gasteiger partial charge in [-0.3, -0.25) is 0 Å². The van der Waals surface area contributed by atoms with Crippen LogP contribution in [0.3, 0.4) is 0 Å². The van der Waals surface area contributed by atoms with E-state index in [0.717, 1.165) is 32.2 Å². The average Bonchev–Trinajstić information content (AvgIpc) is 2.51. The lowest BCUT2D eigenvalue weighted by Gasteiger charge is -2.12. The molecule has 0 fully saturated rings. The Labute approximate surface area is 132 Å². The third kappa shape index (κ3) is 2.63. The molecule has 3 aromatic rings. The van der Waals surface area contributed by atoms with E-state index in [1.165, 1.54) is 0 Å². The van der Waals surface area contributed by atoms with E-state index < -0.39 is 0 Å². The van der Waals surface area contributed by atoms with Crippen LogP contribution in [0.25, 0.3) is 10.8 Å². The van der Waals surface area contributed by atoms with Crippen molar-refractivity contribution in [3.8, 4) is 6.07 Å². The Bertz CT molecular complexity index is 863. The van der Waals surface area contributed by atoms with Crippen molar-refractivity contribution in [3.05, 3.63) is 70.2 Å². The first kappa shape index (κ1) is 13.7. The van der Waals surface area contributed by atoms with Crippen LogP contribution in [0.4, 0.5) is 11.4 Å². The van der Waals surface area contributed by atoms with Gasteiger partial charge in [-0.25, -0.2) is 0 Å². The fourth-order valence-electron chi connectivity index (χ4n) is 2.38. The smallest absolute Gasteiger partial charge is 0.101 e. The topological polar surface area (TPSA) is 35.8 Å². The molecule has 0 bridgehead atoms. The zero-order valence-corrected chi connectivity index (χ0v) is 13.1. The second-order valence-electron chi connectivity index (χ2n) is 4.93. The predicted octanol–water partition coefficient (Wildman–Crippen LogP) is 5.53. The standard InChI is InChI=1S/C18H13BrN2/c1-12-6-7-13(11-20)18(10-12)21-17-9-8-16(19)14-4-2-3-5-15(14)17/h2-10,21H,1H3. The molecule has 102 valence electrons. The van der Waals surface area contributed by atoms with Crippen molar-refractivity contribution in [2.24, 2.45) is 0 Å². The average molecular weight is 337 g/mol. The zero-order chi connectivity index (χ0) is 14.8. The minimum atomic E-state index is 0.646. The maximum atomic E-state index is 9.25. The van der Waals surface area contributed by atoms with Crippen LogP contribution in [-0.2, 0) is 0 Å². The number of anilines is 2. The van der Waals surface area contributed by atoms with E-state index in [4.69, 9.17) is 0 Å². The minimum Gasteiger partial charge on any atom is -0.354 e. The zero-order valence-electron chi connectivity index (χ0n) is 11.5. The molecule has 1 N–H and O–H groups in total. The fraction of sp³-hybridized carbons (Fsp3) is 0.0556. The van der Waals surface area contributed by atoms with Crippen LogP contribution >= 0.6 is 15.9 Å². The highest BCUT2D eigenvalue weighted by Crippen LogP contribution is 2.32. The van der Waals surface area contributed by atoms with Gasteiger partial charge in [-0.2, -0.15) is 5.26 Å². The van der Waals surface area contributed by atoms with Gasteiger partial charge in [-0.05, 0) is 42.1 Å². The van der Waals surface area contributed by atoms with Crippen LogP contribution in [-0.4, -0.2) is 0 Å². The van der Waals surface area contributed by atoms with Gasteiger partial charge in [-0.15, -0.1) is 0 Å². The molecule has 0 heterocycles.